The number of benzene rings is 2. The number of ether oxygens (including phenoxy) is 1. The molecule has 2 aromatic carbocycles. The molecule has 0 radical (unpaired) electrons. The van der Waals surface area contributed by atoms with Crippen molar-refractivity contribution >= 4 is 32.1 Å². The third-order valence-electron chi connectivity index (χ3n) is 18.7. The summed E-state index contributed by atoms with van der Waals surface area (Å²) >= 11 is 0. The number of rotatable bonds is 12. The van der Waals surface area contributed by atoms with E-state index in [-0.39, 0.29) is 71.7 Å². The van der Waals surface area contributed by atoms with Crippen molar-refractivity contribution in [2.75, 3.05) is 13.1 Å². The highest BCUT2D eigenvalue weighted by atomic mass is 16.7. The Morgan fingerprint density at radius 3 is 1.55 bits per heavy atom. The Bertz CT molecular complexity index is 2120. The van der Waals surface area contributed by atoms with Crippen molar-refractivity contribution < 1.29 is 37.7 Å². The van der Waals surface area contributed by atoms with Crippen LogP contribution in [0.2, 0.25) is 0 Å². The largest absolute Gasteiger partial charge is 0.482 e. The maximum atomic E-state index is 13.4. The summed E-state index contributed by atoms with van der Waals surface area (Å²) in [5, 5.41) is 6.63. The molecule has 3 amide bonds. The van der Waals surface area contributed by atoms with E-state index in [2.05, 4.69) is 88.6 Å². The molecule has 69 heavy (non-hydrogen) atoms. The number of carbonyl (C=O) groups excluding carboxylic acids is 3. The predicted octanol–water partition coefficient (Wildman–Crippen LogP) is 9.97. The van der Waals surface area contributed by atoms with Gasteiger partial charge in [0.1, 0.15) is 5.60 Å². The van der Waals surface area contributed by atoms with Crippen molar-refractivity contribution in [1.29, 1.82) is 0 Å². The second kappa shape index (κ2) is 19.9. The predicted molar refractivity (Wildman–Crippen MR) is 271 cm³/mol. The maximum absolute atomic E-state index is 13.4. The number of amides is 3. The Balaban J connectivity index is 0.000000175. The highest BCUT2D eigenvalue weighted by molar-refractivity contribution is 6.48. The van der Waals surface area contributed by atoms with Gasteiger partial charge in [0.05, 0.1) is 35.3 Å². The zero-order chi connectivity index (χ0) is 48.9. The molecule has 3 heterocycles. The van der Waals surface area contributed by atoms with Crippen molar-refractivity contribution in [1.82, 2.24) is 15.5 Å². The van der Waals surface area contributed by atoms with Crippen LogP contribution in [0.25, 0.3) is 0 Å². The number of likely N-dealkylation sites (tertiary alicyclic amines) is 1. The second-order valence-electron chi connectivity index (χ2n) is 25.2. The minimum Gasteiger partial charge on any atom is -0.444 e. The number of nitrogens with zero attached hydrogens (tertiary/aromatic N) is 1. The normalized spacial score (nSPS) is 33.8. The molecular weight excluding hydrogens is 864 g/mol. The molecule has 7 aliphatic carbocycles. The van der Waals surface area contributed by atoms with Crippen molar-refractivity contribution in [3.8, 4) is 0 Å². The molecule has 4 bridgehead atoms. The fourth-order valence-electron chi connectivity index (χ4n) is 14.5. The van der Waals surface area contributed by atoms with E-state index in [1.165, 1.54) is 50.5 Å². The van der Waals surface area contributed by atoms with E-state index in [1.54, 1.807) is 4.90 Å². The van der Waals surface area contributed by atoms with E-state index in [0.29, 0.717) is 61.4 Å². The van der Waals surface area contributed by atoms with E-state index < -0.39 is 12.7 Å². The van der Waals surface area contributed by atoms with Crippen molar-refractivity contribution in [3.05, 3.63) is 71.8 Å². The Morgan fingerprint density at radius 1 is 0.652 bits per heavy atom. The summed E-state index contributed by atoms with van der Waals surface area (Å²) in [6.45, 7) is 20.8. The fourth-order valence-corrected chi connectivity index (χ4v) is 14.5. The summed E-state index contributed by atoms with van der Waals surface area (Å²) in [6, 6.07) is 20.6. The van der Waals surface area contributed by atoms with Gasteiger partial charge in [0.25, 0.3) is 0 Å². The minimum atomic E-state index is -0.531. The molecule has 11 atom stereocenters. The molecule has 0 spiro atoms. The number of piperidine rings is 1. The quantitative estimate of drug-likeness (QED) is 0.202. The van der Waals surface area contributed by atoms with Crippen molar-refractivity contribution in [3.63, 3.8) is 0 Å². The molecule has 12 rings (SSSR count). The first-order chi connectivity index (χ1) is 32.7. The first-order valence-electron chi connectivity index (χ1n) is 27.0. The first-order valence-corrected chi connectivity index (χ1v) is 27.0. The van der Waals surface area contributed by atoms with Crippen LogP contribution >= 0.6 is 0 Å². The molecular formula is C56H83B2N3O8. The lowest BCUT2D eigenvalue weighted by Crippen LogP contribution is -2.65. The number of hydrogen-bond donors (Lipinski definition) is 2. The van der Waals surface area contributed by atoms with Gasteiger partial charge >= 0.3 is 20.3 Å². The van der Waals surface area contributed by atoms with Gasteiger partial charge in [-0.05, 0) is 156 Å². The van der Waals surface area contributed by atoms with Crippen LogP contribution in [0.5, 0.6) is 0 Å². The fraction of sp³-hybridized carbons (Fsp3) is 0.732. The number of carbonyl (C=O) groups is 3. The molecule has 10 fully saturated rings. The Morgan fingerprint density at radius 2 is 1.10 bits per heavy atom. The van der Waals surface area contributed by atoms with Crippen LogP contribution in [0.3, 0.4) is 0 Å². The average molecular weight is 948 g/mol. The van der Waals surface area contributed by atoms with Gasteiger partial charge in [-0.2, -0.15) is 0 Å². The van der Waals surface area contributed by atoms with Crippen LogP contribution in [-0.2, 0) is 45.8 Å². The zero-order valence-corrected chi connectivity index (χ0v) is 43.4. The highest BCUT2D eigenvalue weighted by Crippen LogP contribution is 2.67. The Labute approximate surface area is 414 Å². The molecule has 3 saturated heterocycles. The van der Waals surface area contributed by atoms with E-state index >= 15 is 0 Å². The van der Waals surface area contributed by atoms with Crippen LogP contribution in [0, 0.1) is 46.3 Å². The van der Waals surface area contributed by atoms with E-state index in [4.69, 9.17) is 23.4 Å². The Hall–Kier alpha value is -3.38. The molecule has 376 valence electrons. The molecule has 11 nitrogen and oxygen atoms in total. The third-order valence-corrected chi connectivity index (χ3v) is 18.7. The lowest BCUT2D eigenvalue weighted by atomic mass is 9.43. The smallest absolute Gasteiger partial charge is 0.444 e. The summed E-state index contributed by atoms with van der Waals surface area (Å²) in [6.07, 6.45) is 14.8. The first kappa shape index (κ1) is 50.6. The molecule has 2 aromatic rings. The van der Waals surface area contributed by atoms with Crippen LogP contribution in [0.4, 0.5) is 4.79 Å². The number of hydrogen-bond acceptors (Lipinski definition) is 8. The topological polar surface area (TPSA) is 125 Å². The SMILES string of the molecule is CC(C)(C)OC(=O)N1CCC[C@H](CC(=O)N[C@@H](Cc2ccccc2)B2O[C@@H]3C[C@@H]4C[C@@H](C4(C)C)[C@]3(C)O2)C1.CC1(C)[C@@H]2C[C@H]3OB([C@H](Cc4ccccc4)NC(=O)CC4CCCCC4)O[C@@]3(C)[C@H]1C2. The van der Waals surface area contributed by atoms with Gasteiger partial charge in [-0.1, -0.05) is 108 Å². The van der Waals surface area contributed by atoms with Gasteiger partial charge in [-0.15, -0.1) is 0 Å². The highest BCUT2D eigenvalue weighted by Gasteiger charge is 2.70. The summed E-state index contributed by atoms with van der Waals surface area (Å²) in [5.74, 6) is 2.75. The maximum Gasteiger partial charge on any atom is 0.482 e. The van der Waals surface area contributed by atoms with Crippen LogP contribution < -0.4 is 10.6 Å². The van der Waals surface area contributed by atoms with Gasteiger partial charge < -0.3 is 38.9 Å². The van der Waals surface area contributed by atoms with Gasteiger partial charge in [-0.25, -0.2) is 4.79 Å². The summed E-state index contributed by atoms with van der Waals surface area (Å²) in [7, 11) is -0.852. The van der Waals surface area contributed by atoms with Crippen LogP contribution in [-0.4, -0.2) is 91.0 Å². The van der Waals surface area contributed by atoms with Gasteiger partial charge in [-0.3, -0.25) is 9.59 Å². The van der Waals surface area contributed by atoms with E-state index in [9.17, 15) is 14.4 Å². The van der Waals surface area contributed by atoms with Crippen molar-refractivity contribution in [2.45, 2.75) is 200 Å². The summed E-state index contributed by atoms with van der Waals surface area (Å²) in [4.78, 5) is 40.7. The van der Waals surface area contributed by atoms with Crippen LogP contribution in [0.1, 0.15) is 157 Å². The molecule has 2 N–H and O–H groups in total. The van der Waals surface area contributed by atoms with Gasteiger partial charge in [0.2, 0.25) is 11.8 Å². The molecule has 7 saturated carbocycles. The number of nitrogens with one attached hydrogen (secondary N) is 2. The summed E-state index contributed by atoms with van der Waals surface area (Å²) < 4.78 is 32.2. The molecule has 10 aliphatic rings. The van der Waals surface area contributed by atoms with Crippen molar-refractivity contribution in [2.24, 2.45) is 46.3 Å². The molecule has 13 heteroatoms. The monoisotopic (exact) mass is 948 g/mol. The average Bonchev–Trinajstić information content (AvgIpc) is 3.86. The molecule has 0 aromatic heterocycles. The van der Waals surface area contributed by atoms with E-state index in [0.717, 1.165) is 43.6 Å². The van der Waals surface area contributed by atoms with E-state index in [1.807, 2.05) is 45.0 Å². The molecule has 3 aliphatic heterocycles. The lowest BCUT2D eigenvalue weighted by Gasteiger charge is -2.64. The van der Waals surface area contributed by atoms with Gasteiger partial charge in [0.15, 0.2) is 0 Å². The lowest BCUT2D eigenvalue weighted by molar-refractivity contribution is -0.199. The molecule has 0 unspecified atom stereocenters. The Kier molecular flexibility index (Phi) is 14.6. The third kappa shape index (κ3) is 10.7. The van der Waals surface area contributed by atoms with Gasteiger partial charge in [0, 0.05) is 25.9 Å². The summed E-state index contributed by atoms with van der Waals surface area (Å²) in [5.41, 5.74) is 1.85. The second-order valence-corrected chi connectivity index (χ2v) is 25.2. The zero-order valence-electron chi connectivity index (χ0n) is 43.4. The minimum absolute atomic E-state index is 0.0150. The van der Waals surface area contributed by atoms with Crippen LogP contribution in [0.15, 0.2) is 60.7 Å². The standard InChI is InChI=1S/C30H45BN2O5.C26H38BNO3/c1-28(2,3)36-27(35)33-14-10-13-21(19-33)16-26(34)32-25(15-20-11-8-7-9-12-20)31-37-24-18-22-17-23(29(22,4)5)30(24,6)38-31;1-25(2)20-16-21(25)26(3)22(17-20)30-27(31-26)23(14-18-10-6-4-7-11-18)28-24(29)15-19-12-8-5-9-13-19/h7-9,11-12,21-25H,10,13-19H2,1-6H3,(H,32,34);4,6-7,10-11,19-23H,5,8-9,12-17H2,1-3H3,(H,28,29)/t21-,22+,23+,24-,25+,30+;20-,21-,22+,23-,26-/m10/s1.